The van der Waals surface area contributed by atoms with E-state index in [-0.39, 0.29) is 0 Å². The molecule has 0 atom stereocenters. The number of benzene rings is 5. The Balaban J connectivity index is 1.17. The zero-order chi connectivity index (χ0) is 31.0. The Morgan fingerprint density at radius 2 is 0.978 bits per heavy atom. The molecule has 0 N–H and O–H groups in total. The van der Waals surface area contributed by atoms with Crippen molar-refractivity contribution in [3.05, 3.63) is 146 Å². The molecule has 0 spiro atoms. The van der Waals surface area contributed by atoms with Crippen LogP contribution in [0.25, 0.3) is 65.2 Å². The van der Waals surface area contributed by atoms with E-state index in [4.69, 9.17) is 14.4 Å². The molecule has 5 nitrogen and oxygen atoms in total. The smallest absolute Gasteiger partial charge is 0.227 e. The topological polar surface area (TPSA) is 55.1 Å². The quantitative estimate of drug-likeness (QED) is 0.167. The molecule has 3 aromatic heterocycles. The fourth-order valence-corrected chi connectivity index (χ4v) is 7.40. The van der Waals surface area contributed by atoms with Crippen molar-refractivity contribution in [3.63, 3.8) is 0 Å². The monoisotopic (exact) mass is 630 g/mol. The highest BCUT2D eigenvalue weighted by Crippen LogP contribution is 2.39. The SMILES string of the molecule is C=Cc1nc(-c2ccc(N(c3ccc(-c4nc5ccccc5s4)cc3)c3ccc(-c4nc5ccccc5s4)cc3)cc2)oc1C=C. The number of rotatable bonds is 8. The third kappa shape index (κ3) is 5.11. The molecular formula is C39H26N4OS2. The first-order valence-corrected chi connectivity index (χ1v) is 16.4. The first kappa shape index (κ1) is 27.9. The van der Waals surface area contributed by atoms with Crippen LogP contribution in [-0.4, -0.2) is 15.0 Å². The molecule has 3 heterocycles. The molecule has 0 fully saturated rings. The maximum Gasteiger partial charge on any atom is 0.227 e. The maximum atomic E-state index is 5.94. The van der Waals surface area contributed by atoms with Crippen LogP contribution in [0.2, 0.25) is 0 Å². The molecule has 0 amide bonds. The number of aromatic nitrogens is 3. The van der Waals surface area contributed by atoms with Gasteiger partial charge in [0.1, 0.15) is 15.7 Å². The lowest BCUT2D eigenvalue weighted by atomic mass is 10.1. The van der Waals surface area contributed by atoms with Crippen molar-refractivity contribution in [2.75, 3.05) is 4.90 Å². The Hall–Kier alpha value is -5.63. The van der Waals surface area contributed by atoms with E-state index in [1.54, 1.807) is 34.8 Å². The van der Waals surface area contributed by atoms with Crippen molar-refractivity contribution in [1.82, 2.24) is 15.0 Å². The number of anilines is 3. The van der Waals surface area contributed by atoms with Gasteiger partial charge in [0.05, 0.1) is 20.4 Å². The third-order valence-corrected chi connectivity index (χ3v) is 9.94. The van der Waals surface area contributed by atoms with E-state index in [1.807, 2.05) is 24.3 Å². The van der Waals surface area contributed by atoms with E-state index >= 15 is 0 Å². The predicted octanol–water partition coefficient (Wildman–Crippen LogP) is 11.7. The van der Waals surface area contributed by atoms with E-state index in [2.05, 4.69) is 120 Å². The molecule has 5 aromatic carbocycles. The zero-order valence-corrected chi connectivity index (χ0v) is 26.3. The first-order chi connectivity index (χ1) is 22.7. The number of thiazole rings is 2. The van der Waals surface area contributed by atoms with E-state index in [9.17, 15) is 0 Å². The number of nitrogens with zero attached hydrogens (tertiary/aromatic N) is 4. The molecule has 0 bridgehead atoms. The molecule has 0 aliphatic rings. The van der Waals surface area contributed by atoms with Crippen molar-refractivity contribution in [1.29, 1.82) is 0 Å². The molecule has 46 heavy (non-hydrogen) atoms. The van der Waals surface area contributed by atoms with Gasteiger partial charge in [-0.15, -0.1) is 22.7 Å². The summed E-state index contributed by atoms with van der Waals surface area (Å²) in [5, 5.41) is 2.01. The predicted molar refractivity (Wildman–Crippen MR) is 194 cm³/mol. The Morgan fingerprint density at radius 1 is 0.522 bits per heavy atom. The molecule has 8 rings (SSSR count). The number of hydrogen-bond donors (Lipinski definition) is 0. The fourth-order valence-electron chi connectivity index (χ4n) is 5.46. The Morgan fingerprint density at radius 3 is 1.39 bits per heavy atom. The Labute approximate surface area is 274 Å². The number of hydrogen-bond acceptors (Lipinski definition) is 7. The second-order valence-electron chi connectivity index (χ2n) is 10.6. The largest absolute Gasteiger partial charge is 0.436 e. The molecule has 0 saturated carbocycles. The minimum atomic E-state index is 0.531. The number of oxazole rings is 1. The fraction of sp³-hybridized carbons (Fsp3) is 0. The van der Waals surface area contributed by atoms with Crippen LogP contribution in [0, 0.1) is 0 Å². The molecule has 0 unspecified atom stereocenters. The van der Waals surface area contributed by atoms with Gasteiger partial charge in [0, 0.05) is 33.8 Å². The molecule has 7 heteroatoms. The van der Waals surface area contributed by atoms with Gasteiger partial charge >= 0.3 is 0 Å². The molecule has 0 saturated heterocycles. The summed E-state index contributed by atoms with van der Waals surface area (Å²) in [5.41, 5.74) is 8.84. The van der Waals surface area contributed by atoms with Crippen LogP contribution >= 0.6 is 22.7 Å². The van der Waals surface area contributed by atoms with E-state index in [1.165, 1.54) is 9.40 Å². The summed E-state index contributed by atoms with van der Waals surface area (Å²) in [6.07, 6.45) is 3.33. The van der Waals surface area contributed by atoms with Crippen LogP contribution in [0.1, 0.15) is 11.5 Å². The molecule has 0 aliphatic carbocycles. The van der Waals surface area contributed by atoms with Crippen LogP contribution in [0.4, 0.5) is 17.1 Å². The average Bonchev–Trinajstić information content (AvgIpc) is 3.86. The lowest BCUT2D eigenvalue weighted by molar-refractivity contribution is 0.564. The summed E-state index contributed by atoms with van der Waals surface area (Å²) in [6, 6.07) is 41.9. The molecule has 220 valence electrons. The second-order valence-corrected chi connectivity index (χ2v) is 12.7. The summed E-state index contributed by atoms with van der Waals surface area (Å²) in [5.74, 6) is 1.14. The van der Waals surface area contributed by atoms with Crippen LogP contribution in [-0.2, 0) is 0 Å². The standard InChI is InChI=1S/C39H26N4OS2/c1-3-31-34(4-2)44-37(40-31)25-13-19-28(20-14-25)43(29-21-15-26(16-22-29)38-41-32-9-5-7-11-35(32)45-38)30-23-17-27(18-24-30)39-42-33-10-6-8-12-36(33)46-39/h3-24H,1-2H2. The lowest BCUT2D eigenvalue weighted by Gasteiger charge is -2.26. The second kappa shape index (κ2) is 11.7. The van der Waals surface area contributed by atoms with Crippen molar-refractivity contribution in [2.45, 2.75) is 0 Å². The van der Waals surface area contributed by atoms with E-state index < -0.39 is 0 Å². The van der Waals surface area contributed by atoms with Gasteiger partial charge in [0.2, 0.25) is 5.89 Å². The van der Waals surface area contributed by atoms with Gasteiger partial charge in [-0.05, 0) is 109 Å². The average molecular weight is 631 g/mol. The van der Waals surface area contributed by atoms with Crippen molar-refractivity contribution in [3.8, 4) is 32.6 Å². The zero-order valence-electron chi connectivity index (χ0n) is 24.6. The van der Waals surface area contributed by atoms with Gasteiger partial charge in [-0.2, -0.15) is 0 Å². The molecular weight excluding hydrogens is 605 g/mol. The molecule has 0 aliphatic heterocycles. The van der Waals surface area contributed by atoms with Gasteiger partial charge in [0.15, 0.2) is 5.76 Å². The summed E-state index contributed by atoms with van der Waals surface area (Å²) < 4.78 is 8.31. The number of fused-ring (bicyclic) bond motifs is 2. The first-order valence-electron chi connectivity index (χ1n) is 14.7. The summed E-state index contributed by atoms with van der Waals surface area (Å²) in [7, 11) is 0. The van der Waals surface area contributed by atoms with Gasteiger partial charge in [-0.1, -0.05) is 37.4 Å². The summed E-state index contributed by atoms with van der Waals surface area (Å²) in [4.78, 5) is 16.6. The van der Waals surface area contributed by atoms with E-state index in [0.717, 1.165) is 54.8 Å². The summed E-state index contributed by atoms with van der Waals surface area (Å²) in [6.45, 7) is 7.67. The normalized spacial score (nSPS) is 11.2. The minimum absolute atomic E-state index is 0.531. The summed E-state index contributed by atoms with van der Waals surface area (Å²) >= 11 is 3.41. The highest BCUT2D eigenvalue weighted by molar-refractivity contribution is 7.22. The van der Waals surface area contributed by atoms with Crippen molar-refractivity contribution in [2.24, 2.45) is 0 Å². The van der Waals surface area contributed by atoms with Gasteiger partial charge in [-0.3, -0.25) is 0 Å². The highest BCUT2D eigenvalue weighted by Gasteiger charge is 2.17. The third-order valence-electron chi connectivity index (χ3n) is 7.76. The van der Waals surface area contributed by atoms with Gasteiger partial charge in [-0.25, -0.2) is 15.0 Å². The van der Waals surface area contributed by atoms with Crippen molar-refractivity contribution >= 4 is 72.3 Å². The Bertz CT molecular complexity index is 2140. The van der Waals surface area contributed by atoms with E-state index in [0.29, 0.717) is 17.3 Å². The van der Waals surface area contributed by atoms with Crippen molar-refractivity contribution < 1.29 is 4.42 Å². The van der Waals surface area contributed by atoms with Gasteiger partial charge in [0.25, 0.3) is 0 Å². The van der Waals surface area contributed by atoms with Crippen LogP contribution in [0.5, 0.6) is 0 Å². The minimum Gasteiger partial charge on any atom is -0.436 e. The highest BCUT2D eigenvalue weighted by atomic mass is 32.1. The molecule has 0 radical (unpaired) electrons. The maximum absolute atomic E-state index is 5.94. The van der Waals surface area contributed by atoms with Crippen LogP contribution < -0.4 is 4.90 Å². The number of para-hydroxylation sites is 2. The van der Waals surface area contributed by atoms with Gasteiger partial charge < -0.3 is 9.32 Å². The lowest BCUT2D eigenvalue weighted by Crippen LogP contribution is -2.09. The molecule has 8 aromatic rings. The van der Waals surface area contributed by atoms with Crippen LogP contribution in [0.15, 0.2) is 139 Å². The van der Waals surface area contributed by atoms with Crippen LogP contribution in [0.3, 0.4) is 0 Å². The Kier molecular flexibility index (Phi) is 7.10.